The summed E-state index contributed by atoms with van der Waals surface area (Å²) in [6, 6.07) is 16.2. The van der Waals surface area contributed by atoms with E-state index in [1.807, 2.05) is 54.6 Å². The topological polar surface area (TPSA) is 122 Å². The van der Waals surface area contributed by atoms with Crippen molar-refractivity contribution in [2.24, 2.45) is 11.7 Å². The van der Waals surface area contributed by atoms with Gasteiger partial charge in [-0.05, 0) is 41.9 Å². The summed E-state index contributed by atoms with van der Waals surface area (Å²) in [5.41, 5.74) is 8.72. The summed E-state index contributed by atoms with van der Waals surface area (Å²) in [6.07, 6.45) is 7.44. The van der Waals surface area contributed by atoms with Gasteiger partial charge in [-0.25, -0.2) is 0 Å². The zero-order chi connectivity index (χ0) is 25.8. The van der Waals surface area contributed by atoms with Crippen molar-refractivity contribution in [2.75, 3.05) is 6.54 Å². The van der Waals surface area contributed by atoms with Gasteiger partial charge in [0.2, 0.25) is 5.91 Å². The van der Waals surface area contributed by atoms with E-state index in [2.05, 4.69) is 10.6 Å². The van der Waals surface area contributed by atoms with E-state index in [9.17, 15) is 19.5 Å². The molecule has 36 heavy (non-hydrogen) atoms. The molecule has 1 amide bonds. The van der Waals surface area contributed by atoms with Gasteiger partial charge in [-0.2, -0.15) is 0 Å². The van der Waals surface area contributed by atoms with E-state index < -0.39 is 18.1 Å². The summed E-state index contributed by atoms with van der Waals surface area (Å²) in [7, 11) is 0. The number of aliphatic carboxylic acids is 1. The number of nitrogens with two attached hydrogens (primary N) is 1. The zero-order valence-corrected chi connectivity index (χ0v) is 21.0. The van der Waals surface area contributed by atoms with Gasteiger partial charge in [-0.3, -0.25) is 19.7 Å². The highest BCUT2D eigenvalue weighted by atomic mass is 16.4. The first kappa shape index (κ1) is 27.6. The Morgan fingerprint density at radius 2 is 1.56 bits per heavy atom. The van der Waals surface area contributed by atoms with Gasteiger partial charge in [0.05, 0.1) is 18.6 Å². The van der Waals surface area contributed by atoms with Crippen LogP contribution in [0.3, 0.4) is 0 Å². The summed E-state index contributed by atoms with van der Waals surface area (Å²) in [5, 5.41) is 15.1. The van der Waals surface area contributed by atoms with Crippen LogP contribution in [0.25, 0.3) is 0 Å². The minimum absolute atomic E-state index is 0.0373. The lowest BCUT2D eigenvalue weighted by atomic mass is 9.84. The first-order chi connectivity index (χ1) is 17.4. The standard InChI is InChI=1S/C29H39N3O4/c30-19-24-13-11-21(12-14-24)15-16-27(33)25(17-22-7-3-1-4-8-22)32-29(36)26(31-20-28(34)35)18-23-9-5-2-6-10-23/h1,3-4,7-8,11-14,23,25-26,31H,2,5-6,9-10,15-20,30H2,(H,32,36)(H,34,35)/t25-,26+/m0/s1. The molecule has 2 aromatic rings. The quantitative estimate of drug-likeness (QED) is 0.320. The molecule has 194 valence electrons. The van der Waals surface area contributed by atoms with Crippen molar-refractivity contribution in [3.8, 4) is 0 Å². The van der Waals surface area contributed by atoms with Crippen molar-refractivity contribution in [2.45, 2.75) is 76.4 Å². The number of carbonyl (C=O) groups excluding carboxylic acids is 2. The first-order valence-corrected chi connectivity index (χ1v) is 13.0. The lowest BCUT2D eigenvalue weighted by Crippen LogP contribution is -2.52. The molecule has 5 N–H and O–H groups in total. The van der Waals surface area contributed by atoms with E-state index in [0.717, 1.165) is 42.4 Å². The van der Waals surface area contributed by atoms with Crippen LogP contribution < -0.4 is 16.4 Å². The van der Waals surface area contributed by atoms with Crippen LogP contribution in [0.1, 0.15) is 61.6 Å². The Bertz CT molecular complexity index is 972. The van der Waals surface area contributed by atoms with E-state index in [-0.39, 0.29) is 18.2 Å². The van der Waals surface area contributed by atoms with Crippen LogP contribution in [0.2, 0.25) is 0 Å². The molecule has 1 aliphatic carbocycles. The molecule has 2 aromatic carbocycles. The third-order valence-electron chi connectivity index (χ3n) is 7.02. The fraction of sp³-hybridized carbons (Fsp3) is 0.483. The minimum Gasteiger partial charge on any atom is -0.480 e. The Kier molecular flexibility index (Phi) is 11.1. The molecule has 0 aromatic heterocycles. The highest BCUT2D eigenvalue weighted by molar-refractivity contribution is 5.91. The van der Waals surface area contributed by atoms with Crippen LogP contribution in [0.5, 0.6) is 0 Å². The molecule has 0 aliphatic heterocycles. The number of hydrogen-bond acceptors (Lipinski definition) is 5. The number of Topliss-reactive ketones (excluding diaryl/α,β-unsaturated/α-hetero) is 1. The van der Waals surface area contributed by atoms with E-state index in [1.165, 1.54) is 6.42 Å². The van der Waals surface area contributed by atoms with Crippen molar-refractivity contribution in [1.29, 1.82) is 0 Å². The molecular formula is C29H39N3O4. The number of aryl methyl sites for hydroxylation is 1. The van der Waals surface area contributed by atoms with Crippen LogP contribution in [-0.4, -0.2) is 41.4 Å². The summed E-state index contributed by atoms with van der Waals surface area (Å²) in [4.78, 5) is 37.9. The van der Waals surface area contributed by atoms with Gasteiger partial charge in [0.25, 0.3) is 0 Å². The summed E-state index contributed by atoms with van der Waals surface area (Å²) in [5.74, 6) is -0.960. The summed E-state index contributed by atoms with van der Waals surface area (Å²) >= 11 is 0. The summed E-state index contributed by atoms with van der Waals surface area (Å²) < 4.78 is 0. The second-order valence-electron chi connectivity index (χ2n) is 9.80. The first-order valence-electron chi connectivity index (χ1n) is 13.0. The van der Waals surface area contributed by atoms with Crippen molar-refractivity contribution in [1.82, 2.24) is 10.6 Å². The third kappa shape index (κ3) is 9.21. The van der Waals surface area contributed by atoms with Crippen LogP contribution in [-0.2, 0) is 33.8 Å². The van der Waals surface area contributed by atoms with E-state index >= 15 is 0 Å². The molecule has 0 radical (unpaired) electrons. The van der Waals surface area contributed by atoms with Gasteiger partial charge in [0.1, 0.15) is 0 Å². The number of ketones is 1. The number of hydrogen-bond donors (Lipinski definition) is 4. The fourth-order valence-electron chi connectivity index (χ4n) is 4.90. The Hall–Kier alpha value is -3.03. The number of nitrogens with one attached hydrogen (secondary N) is 2. The van der Waals surface area contributed by atoms with E-state index in [0.29, 0.717) is 38.1 Å². The van der Waals surface area contributed by atoms with Crippen LogP contribution in [0, 0.1) is 5.92 Å². The van der Waals surface area contributed by atoms with E-state index in [1.54, 1.807) is 0 Å². The second kappa shape index (κ2) is 14.5. The Labute approximate surface area is 213 Å². The minimum atomic E-state index is -1.01. The highest BCUT2D eigenvalue weighted by Gasteiger charge is 2.28. The molecule has 1 fully saturated rings. The van der Waals surface area contributed by atoms with Gasteiger partial charge < -0.3 is 16.2 Å². The normalized spacial score (nSPS) is 15.7. The number of carbonyl (C=O) groups is 3. The Balaban J connectivity index is 1.69. The predicted octanol–water partition coefficient (Wildman–Crippen LogP) is 3.39. The van der Waals surface area contributed by atoms with Crippen molar-refractivity contribution in [3.63, 3.8) is 0 Å². The Morgan fingerprint density at radius 1 is 0.889 bits per heavy atom. The molecule has 1 aliphatic rings. The zero-order valence-electron chi connectivity index (χ0n) is 21.0. The molecule has 7 nitrogen and oxygen atoms in total. The van der Waals surface area contributed by atoms with Gasteiger partial charge in [-0.1, -0.05) is 86.7 Å². The number of carboxylic acids is 1. The number of amides is 1. The molecule has 0 bridgehead atoms. The molecule has 2 atom stereocenters. The van der Waals surface area contributed by atoms with Gasteiger partial charge in [0, 0.05) is 13.0 Å². The number of carboxylic acid groups (broad SMARTS) is 1. The highest BCUT2D eigenvalue weighted by Crippen LogP contribution is 2.27. The molecule has 0 spiro atoms. The molecule has 0 unspecified atom stereocenters. The SMILES string of the molecule is NCc1ccc(CCC(=O)[C@H](Cc2ccccc2)NC(=O)[C@@H](CC2CCCCC2)NCC(=O)O)cc1. The van der Waals surface area contributed by atoms with Gasteiger partial charge in [-0.15, -0.1) is 0 Å². The summed E-state index contributed by atoms with van der Waals surface area (Å²) in [6.45, 7) is 0.184. The lowest BCUT2D eigenvalue weighted by molar-refractivity contribution is -0.136. The maximum atomic E-state index is 13.3. The number of rotatable bonds is 14. The van der Waals surface area contributed by atoms with Crippen LogP contribution >= 0.6 is 0 Å². The van der Waals surface area contributed by atoms with Gasteiger partial charge >= 0.3 is 5.97 Å². The largest absolute Gasteiger partial charge is 0.480 e. The maximum Gasteiger partial charge on any atom is 0.317 e. The second-order valence-corrected chi connectivity index (χ2v) is 9.80. The van der Waals surface area contributed by atoms with Crippen molar-refractivity contribution < 1.29 is 19.5 Å². The van der Waals surface area contributed by atoms with Crippen molar-refractivity contribution in [3.05, 3.63) is 71.3 Å². The van der Waals surface area contributed by atoms with Crippen LogP contribution in [0.15, 0.2) is 54.6 Å². The number of benzene rings is 2. The average molecular weight is 494 g/mol. The monoisotopic (exact) mass is 493 g/mol. The maximum absolute atomic E-state index is 13.3. The lowest BCUT2D eigenvalue weighted by Gasteiger charge is -2.28. The molecule has 7 heteroatoms. The smallest absolute Gasteiger partial charge is 0.317 e. The fourth-order valence-corrected chi connectivity index (χ4v) is 4.90. The molecular weight excluding hydrogens is 454 g/mol. The van der Waals surface area contributed by atoms with E-state index in [4.69, 9.17) is 5.73 Å². The van der Waals surface area contributed by atoms with Crippen molar-refractivity contribution >= 4 is 17.7 Å². The molecule has 0 saturated heterocycles. The molecule has 0 heterocycles. The predicted molar refractivity (Wildman–Crippen MR) is 140 cm³/mol. The molecule has 1 saturated carbocycles. The van der Waals surface area contributed by atoms with Crippen LogP contribution in [0.4, 0.5) is 0 Å². The molecule has 3 rings (SSSR count). The Morgan fingerprint density at radius 3 is 2.19 bits per heavy atom. The third-order valence-corrected chi connectivity index (χ3v) is 7.02. The van der Waals surface area contributed by atoms with Gasteiger partial charge in [0.15, 0.2) is 5.78 Å². The average Bonchev–Trinajstić information content (AvgIpc) is 2.90.